The average Bonchev–Trinajstić information content (AvgIpc) is 3.18. The molecule has 0 N–H and O–H groups in total. The minimum absolute atomic E-state index is 0.123. The molecular formula is C24H23FN2O2. The quantitative estimate of drug-likeness (QED) is 0.592. The lowest BCUT2D eigenvalue weighted by molar-refractivity contribution is -0.150. The Bertz CT molecular complexity index is 932. The van der Waals surface area contributed by atoms with Gasteiger partial charge in [-0.15, -0.1) is 0 Å². The van der Waals surface area contributed by atoms with Gasteiger partial charge >= 0.3 is 5.97 Å². The van der Waals surface area contributed by atoms with Crippen LogP contribution < -0.4 is 0 Å². The second-order valence-corrected chi connectivity index (χ2v) is 7.39. The standard InChI is InChI=1S/C24H23FN2O2/c25-20-11-12-23(26-13-20)21-15-27(14-18-7-3-1-4-8-18)16-22(21)24(28)29-17-19-9-5-2-6-10-19/h1-13,21-22H,14-17H2/t21-,22-/m1/s1. The van der Waals surface area contributed by atoms with Crippen LogP contribution in [0.2, 0.25) is 0 Å². The van der Waals surface area contributed by atoms with Crippen LogP contribution in [0.15, 0.2) is 79.0 Å². The summed E-state index contributed by atoms with van der Waals surface area (Å²) in [5.41, 5.74) is 2.87. The van der Waals surface area contributed by atoms with Crippen LogP contribution in [0.1, 0.15) is 22.7 Å². The van der Waals surface area contributed by atoms with Gasteiger partial charge in [-0.1, -0.05) is 60.7 Å². The van der Waals surface area contributed by atoms with Crippen molar-refractivity contribution in [2.24, 2.45) is 5.92 Å². The largest absolute Gasteiger partial charge is 0.461 e. The van der Waals surface area contributed by atoms with Gasteiger partial charge in [-0.2, -0.15) is 0 Å². The summed E-state index contributed by atoms with van der Waals surface area (Å²) in [4.78, 5) is 19.4. The number of hydrogen-bond acceptors (Lipinski definition) is 4. The topological polar surface area (TPSA) is 42.4 Å². The van der Waals surface area contributed by atoms with E-state index in [-0.39, 0.29) is 30.2 Å². The van der Waals surface area contributed by atoms with Gasteiger partial charge < -0.3 is 4.74 Å². The molecule has 2 heterocycles. The van der Waals surface area contributed by atoms with Crippen molar-refractivity contribution in [3.63, 3.8) is 0 Å². The van der Waals surface area contributed by atoms with Crippen molar-refractivity contribution in [1.82, 2.24) is 9.88 Å². The summed E-state index contributed by atoms with van der Waals surface area (Å²) in [7, 11) is 0. The van der Waals surface area contributed by atoms with Gasteiger partial charge in [-0.3, -0.25) is 14.7 Å². The third kappa shape index (κ3) is 4.87. The van der Waals surface area contributed by atoms with Gasteiger partial charge in [-0.25, -0.2) is 4.39 Å². The molecule has 0 aliphatic carbocycles. The van der Waals surface area contributed by atoms with Gasteiger partial charge in [0.1, 0.15) is 12.4 Å². The Morgan fingerprint density at radius 2 is 1.66 bits per heavy atom. The average molecular weight is 390 g/mol. The van der Waals surface area contributed by atoms with E-state index in [1.54, 1.807) is 6.07 Å². The van der Waals surface area contributed by atoms with Crippen LogP contribution in [0.3, 0.4) is 0 Å². The minimum atomic E-state index is -0.379. The molecule has 1 fully saturated rings. The van der Waals surface area contributed by atoms with Crippen LogP contribution in [-0.2, 0) is 22.7 Å². The van der Waals surface area contributed by atoms with Crippen molar-refractivity contribution in [3.8, 4) is 0 Å². The molecule has 5 heteroatoms. The Morgan fingerprint density at radius 3 is 2.31 bits per heavy atom. The van der Waals surface area contributed by atoms with Crippen molar-refractivity contribution in [3.05, 3.63) is 102 Å². The highest BCUT2D eigenvalue weighted by molar-refractivity contribution is 5.74. The van der Waals surface area contributed by atoms with E-state index in [2.05, 4.69) is 22.0 Å². The van der Waals surface area contributed by atoms with Crippen molar-refractivity contribution in [2.45, 2.75) is 19.1 Å². The number of rotatable bonds is 6. The number of benzene rings is 2. The molecule has 1 aliphatic heterocycles. The fourth-order valence-electron chi connectivity index (χ4n) is 3.84. The lowest BCUT2D eigenvalue weighted by Gasteiger charge is -2.17. The Balaban J connectivity index is 1.49. The SMILES string of the molecule is O=C(OCc1ccccc1)[C@@H]1CN(Cc2ccccc2)C[C@H]1c1ccc(F)cn1. The number of hydrogen-bond donors (Lipinski definition) is 0. The molecule has 4 nitrogen and oxygen atoms in total. The van der Waals surface area contributed by atoms with Crippen LogP contribution >= 0.6 is 0 Å². The highest BCUT2D eigenvalue weighted by Gasteiger charge is 2.40. The molecule has 3 aromatic rings. The Hall–Kier alpha value is -3.05. The zero-order valence-electron chi connectivity index (χ0n) is 16.1. The fourth-order valence-corrected chi connectivity index (χ4v) is 3.84. The van der Waals surface area contributed by atoms with E-state index < -0.39 is 0 Å². The Kier molecular flexibility index (Phi) is 5.96. The van der Waals surface area contributed by atoms with Gasteiger partial charge in [0.15, 0.2) is 0 Å². The van der Waals surface area contributed by atoms with Gasteiger partial charge in [-0.05, 0) is 23.3 Å². The van der Waals surface area contributed by atoms with E-state index in [1.807, 2.05) is 48.5 Å². The first kappa shape index (κ1) is 19.3. The molecule has 0 spiro atoms. The van der Waals surface area contributed by atoms with Gasteiger partial charge in [0, 0.05) is 31.2 Å². The third-order valence-electron chi connectivity index (χ3n) is 5.30. The van der Waals surface area contributed by atoms with Gasteiger partial charge in [0.2, 0.25) is 0 Å². The van der Waals surface area contributed by atoms with E-state index in [1.165, 1.54) is 17.8 Å². The zero-order chi connectivity index (χ0) is 20.1. The first-order valence-electron chi connectivity index (χ1n) is 9.77. The summed E-state index contributed by atoms with van der Waals surface area (Å²) >= 11 is 0. The molecule has 29 heavy (non-hydrogen) atoms. The molecule has 4 rings (SSSR count). The van der Waals surface area contributed by atoms with Crippen LogP contribution in [0.25, 0.3) is 0 Å². The fraction of sp³-hybridized carbons (Fsp3) is 0.250. The number of carbonyl (C=O) groups excluding carboxylic acids is 1. The number of pyridine rings is 1. The first-order chi connectivity index (χ1) is 14.2. The molecule has 0 amide bonds. The van der Waals surface area contributed by atoms with E-state index in [0.717, 1.165) is 17.8 Å². The summed E-state index contributed by atoms with van der Waals surface area (Å²) in [5.74, 6) is -1.07. The molecule has 2 aromatic carbocycles. The zero-order valence-corrected chi connectivity index (χ0v) is 16.1. The molecule has 1 aliphatic rings. The number of aromatic nitrogens is 1. The Morgan fingerprint density at radius 1 is 0.966 bits per heavy atom. The first-order valence-corrected chi connectivity index (χ1v) is 9.77. The van der Waals surface area contributed by atoms with Crippen LogP contribution in [0.4, 0.5) is 4.39 Å². The maximum atomic E-state index is 13.3. The Labute approximate surface area is 170 Å². The van der Waals surface area contributed by atoms with Gasteiger partial charge in [0.25, 0.3) is 0 Å². The van der Waals surface area contributed by atoms with Crippen molar-refractivity contribution < 1.29 is 13.9 Å². The highest BCUT2D eigenvalue weighted by atomic mass is 19.1. The number of likely N-dealkylation sites (tertiary alicyclic amines) is 1. The van der Waals surface area contributed by atoms with E-state index >= 15 is 0 Å². The third-order valence-corrected chi connectivity index (χ3v) is 5.30. The molecule has 0 bridgehead atoms. The summed E-state index contributed by atoms with van der Waals surface area (Å²) in [5, 5.41) is 0. The predicted octanol–water partition coefficient (Wildman–Crippen LogP) is 4.18. The predicted molar refractivity (Wildman–Crippen MR) is 108 cm³/mol. The number of carbonyl (C=O) groups is 1. The number of esters is 1. The smallest absolute Gasteiger partial charge is 0.311 e. The summed E-state index contributed by atoms with van der Waals surface area (Å²) in [6, 6.07) is 22.9. The van der Waals surface area contributed by atoms with Crippen LogP contribution in [0.5, 0.6) is 0 Å². The van der Waals surface area contributed by atoms with Crippen LogP contribution in [0, 0.1) is 11.7 Å². The minimum Gasteiger partial charge on any atom is -0.461 e. The van der Waals surface area contributed by atoms with E-state index in [9.17, 15) is 9.18 Å². The van der Waals surface area contributed by atoms with Crippen LogP contribution in [-0.4, -0.2) is 28.9 Å². The monoisotopic (exact) mass is 390 g/mol. The normalized spacial score (nSPS) is 19.2. The number of nitrogens with zero attached hydrogens (tertiary/aromatic N) is 2. The molecule has 0 unspecified atom stereocenters. The molecule has 148 valence electrons. The molecular weight excluding hydrogens is 367 g/mol. The summed E-state index contributed by atoms with van der Waals surface area (Å²) in [6.07, 6.45) is 1.21. The maximum absolute atomic E-state index is 13.3. The molecule has 0 saturated carbocycles. The summed E-state index contributed by atoms with van der Waals surface area (Å²) < 4.78 is 19.0. The summed E-state index contributed by atoms with van der Waals surface area (Å²) in [6.45, 7) is 2.27. The molecule has 2 atom stereocenters. The van der Waals surface area contributed by atoms with Gasteiger partial charge in [0.05, 0.1) is 12.1 Å². The van der Waals surface area contributed by atoms with E-state index in [4.69, 9.17) is 4.74 Å². The lowest BCUT2D eigenvalue weighted by Crippen LogP contribution is -2.25. The van der Waals surface area contributed by atoms with Crippen molar-refractivity contribution in [2.75, 3.05) is 13.1 Å². The number of ether oxygens (including phenoxy) is 1. The second-order valence-electron chi connectivity index (χ2n) is 7.39. The number of halogens is 1. The van der Waals surface area contributed by atoms with Crippen molar-refractivity contribution >= 4 is 5.97 Å². The molecule has 0 radical (unpaired) electrons. The van der Waals surface area contributed by atoms with Crippen molar-refractivity contribution in [1.29, 1.82) is 0 Å². The maximum Gasteiger partial charge on any atom is 0.311 e. The molecule has 1 aromatic heterocycles. The second kappa shape index (κ2) is 8.97. The lowest BCUT2D eigenvalue weighted by atomic mass is 9.92. The highest BCUT2D eigenvalue weighted by Crippen LogP contribution is 2.33. The van der Waals surface area contributed by atoms with E-state index in [0.29, 0.717) is 13.1 Å². The molecule has 1 saturated heterocycles.